The molecule has 134 valence electrons. The number of esters is 1. The summed E-state index contributed by atoms with van der Waals surface area (Å²) >= 11 is 0. The Kier molecular flexibility index (Phi) is 5.50. The van der Waals surface area contributed by atoms with Crippen molar-refractivity contribution < 1.29 is 9.53 Å². The second-order valence-electron chi connectivity index (χ2n) is 6.10. The minimum Gasteiger partial charge on any atom is -0.468 e. The molecule has 3 rings (SSSR count). The van der Waals surface area contributed by atoms with Crippen molar-refractivity contribution in [2.75, 3.05) is 7.11 Å². The summed E-state index contributed by atoms with van der Waals surface area (Å²) in [5.41, 5.74) is 8.83. The van der Waals surface area contributed by atoms with Gasteiger partial charge in [-0.2, -0.15) is 0 Å². The fraction of sp³-hybridized carbons (Fsp3) is 0.200. The summed E-state index contributed by atoms with van der Waals surface area (Å²) < 4.78 is 6.72. The molecule has 0 aliphatic carbocycles. The molecule has 0 aliphatic heterocycles. The van der Waals surface area contributed by atoms with Crippen LogP contribution in [-0.4, -0.2) is 28.7 Å². The second-order valence-corrected chi connectivity index (χ2v) is 6.94. The molecule has 2 aromatic carbocycles. The molecule has 0 fully saturated rings. The lowest BCUT2D eigenvalue weighted by Gasteiger charge is -2.32. The predicted octanol–water partition coefficient (Wildman–Crippen LogP) is 2.55. The molecule has 2 N–H and O–H groups in total. The minimum absolute atomic E-state index is 0.323. The third-order valence-corrected chi connectivity index (χ3v) is 5.37. The lowest BCUT2D eigenvalue weighted by atomic mass is 9.97. The molecule has 0 saturated heterocycles. The summed E-state index contributed by atoms with van der Waals surface area (Å²) in [4.78, 5) is 16.0. The van der Waals surface area contributed by atoms with Crippen LogP contribution in [0.4, 0.5) is 0 Å². The number of rotatable bonds is 6. The second kappa shape index (κ2) is 7.81. The fourth-order valence-corrected chi connectivity index (χ4v) is 3.50. The molecular weight excluding hydrogens is 345 g/mol. The normalized spacial score (nSPS) is 12.6. The lowest BCUT2D eigenvalue weighted by Crippen LogP contribution is -2.33. The number of hydrogen-bond donors (Lipinski definition) is 1. The Labute approximate surface area is 155 Å². The number of hydrogen-bond acceptors (Lipinski definition) is 4. The van der Waals surface area contributed by atoms with Crippen LogP contribution >= 0.6 is 9.24 Å². The first-order chi connectivity index (χ1) is 12.6. The molecule has 3 aromatic rings. The van der Waals surface area contributed by atoms with Crippen molar-refractivity contribution in [2.45, 2.75) is 17.7 Å². The lowest BCUT2D eigenvalue weighted by molar-refractivity contribution is -0.142. The SMILES string of the molecule is COC(=O)[C@@H](N)Cc1cn(C(P)(c2ccccc2)c2ccccc2)cn1. The highest BCUT2D eigenvalue weighted by molar-refractivity contribution is 7.18. The van der Waals surface area contributed by atoms with Gasteiger partial charge in [0.05, 0.1) is 19.1 Å². The standard InChI is InChI=1S/C20H22N3O2P/c1-25-19(24)18(21)12-17-13-23(14-22-17)20(26,15-8-4-2-5-9-15)16-10-6-3-7-11-16/h2-11,13-14,18H,12,21,26H2,1H3/t18-/m0/s1. The van der Waals surface area contributed by atoms with Gasteiger partial charge in [0.25, 0.3) is 0 Å². The largest absolute Gasteiger partial charge is 0.468 e. The van der Waals surface area contributed by atoms with E-state index in [4.69, 9.17) is 10.5 Å². The first-order valence-electron chi connectivity index (χ1n) is 8.32. The van der Waals surface area contributed by atoms with E-state index in [1.807, 2.05) is 47.2 Å². The maximum absolute atomic E-state index is 11.6. The number of imidazole rings is 1. The van der Waals surface area contributed by atoms with Crippen molar-refractivity contribution in [3.05, 3.63) is 90.0 Å². The number of methoxy groups -OCH3 is 1. The van der Waals surface area contributed by atoms with Crippen molar-refractivity contribution in [3.8, 4) is 0 Å². The van der Waals surface area contributed by atoms with Gasteiger partial charge in [0.15, 0.2) is 0 Å². The van der Waals surface area contributed by atoms with Crippen LogP contribution in [-0.2, 0) is 21.2 Å². The molecule has 0 spiro atoms. The molecule has 0 amide bonds. The van der Waals surface area contributed by atoms with Gasteiger partial charge in [-0.25, -0.2) is 4.98 Å². The average Bonchev–Trinajstić information content (AvgIpc) is 3.17. The predicted molar refractivity (Wildman–Crippen MR) is 105 cm³/mol. The van der Waals surface area contributed by atoms with E-state index in [2.05, 4.69) is 38.5 Å². The molecule has 0 saturated carbocycles. The van der Waals surface area contributed by atoms with E-state index in [0.717, 1.165) is 16.8 Å². The monoisotopic (exact) mass is 367 g/mol. The first-order valence-corrected chi connectivity index (χ1v) is 8.90. The maximum Gasteiger partial charge on any atom is 0.323 e. The summed E-state index contributed by atoms with van der Waals surface area (Å²) in [7, 11) is 4.28. The third kappa shape index (κ3) is 3.55. The van der Waals surface area contributed by atoms with Crippen molar-refractivity contribution in [1.29, 1.82) is 0 Å². The zero-order valence-corrected chi connectivity index (χ0v) is 15.7. The quantitative estimate of drug-likeness (QED) is 0.537. The van der Waals surface area contributed by atoms with Gasteiger partial charge in [-0.3, -0.25) is 4.79 Å². The Bertz CT molecular complexity index is 826. The van der Waals surface area contributed by atoms with Crippen LogP contribution in [0.1, 0.15) is 16.8 Å². The molecule has 1 unspecified atom stereocenters. The van der Waals surface area contributed by atoms with Gasteiger partial charge < -0.3 is 15.0 Å². The Morgan fingerprint density at radius 2 is 1.69 bits per heavy atom. The van der Waals surface area contributed by atoms with Crippen LogP contribution in [0.15, 0.2) is 73.2 Å². The fourth-order valence-electron chi connectivity index (χ4n) is 2.97. The molecule has 5 nitrogen and oxygen atoms in total. The molecular formula is C20H22N3O2P. The maximum atomic E-state index is 11.6. The van der Waals surface area contributed by atoms with Crippen LogP contribution in [0.5, 0.6) is 0 Å². The Morgan fingerprint density at radius 1 is 1.15 bits per heavy atom. The topological polar surface area (TPSA) is 70.1 Å². The van der Waals surface area contributed by atoms with Crippen molar-refractivity contribution in [1.82, 2.24) is 9.55 Å². The van der Waals surface area contributed by atoms with Gasteiger partial charge in [0.2, 0.25) is 0 Å². The van der Waals surface area contributed by atoms with Crippen LogP contribution in [0, 0.1) is 0 Å². The van der Waals surface area contributed by atoms with Crippen LogP contribution in [0.2, 0.25) is 0 Å². The summed E-state index contributed by atoms with van der Waals surface area (Å²) in [6, 6.07) is 19.7. The minimum atomic E-state index is -0.726. The highest BCUT2D eigenvalue weighted by Crippen LogP contribution is 2.40. The summed E-state index contributed by atoms with van der Waals surface area (Å²) in [5.74, 6) is -0.442. The zero-order chi connectivity index (χ0) is 18.6. The molecule has 0 radical (unpaired) electrons. The van der Waals surface area contributed by atoms with Gasteiger partial charge in [0.1, 0.15) is 11.3 Å². The number of ether oxygens (including phenoxy) is 1. The number of aromatic nitrogens is 2. The van der Waals surface area contributed by atoms with Gasteiger partial charge in [-0.15, -0.1) is 0 Å². The van der Waals surface area contributed by atoms with Crippen LogP contribution < -0.4 is 5.73 Å². The van der Waals surface area contributed by atoms with E-state index in [1.54, 1.807) is 6.33 Å². The number of carbonyl (C=O) groups is 1. The van der Waals surface area contributed by atoms with Crippen molar-refractivity contribution in [3.63, 3.8) is 0 Å². The van der Waals surface area contributed by atoms with Crippen LogP contribution in [0.3, 0.4) is 0 Å². The van der Waals surface area contributed by atoms with Gasteiger partial charge in [-0.05, 0) is 11.1 Å². The first kappa shape index (κ1) is 18.3. The molecule has 1 aromatic heterocycles. The number of nitrogens with two attached hydrogens (primary N) is 1. The van der Waals surface area contributed by atoms with Gasteiger partial charge in [0, 0.05) is 12.6 Å². The zero-order valence-electron chi connectivity index (χ0n) is 14.6. The number of benzene rings is 2. The molecule has 0 aliphatic rings. The van der Waals surface area contributed by atoms with E-state index >= 15 is 0 Å². The Morgan fingerprint density at radius 3 is 2.19 bits per heavy atom. The number of nitrogens with zero attached hydrogens (tertiary/aromatic N) is 2. The summed E-state index contributed by atoms with van der Waals surface area (Å²) in [5, 5.41) is -0.511. The smallest absolute Gasteiger partial charge is 0.323 e. The summed E-state index contributed by atoms with van der Waals surface area (Å²) in [6.07, 6.45) is 4.02. The van der Waals surface area contributed by atoms with E-state index in [-0.39, 0.29) is 0 Å². The summed E-state index contributed by atoms with van der Waals surface area (Å²) in [6.45, 7) is 0. The highest BCUT2D eigenvalue weighted by Gasteiger charge is 2.31. The molecule has 2 atom stereocenters. The van der Waals surface area contributed by atoms with E-state index in [9.17, 15) is 4.79 Å². The van der Waals surface area contributed by atoms with E-state index in [0.29, 0.717) is 6.42 Å². The van der Waals surface area contributed by atoms with Crippen molar-refractivity contribution in [2.24, 2.45) is 5.73 Å². The molecule has 0 bridgehead atoms. The highest BCUT2D eigenvalue weighted by atomic mass is 31.0. The number of carbonyl (C=O) groups excluding carboxylic acids is 1. The van der Waals surface area contributed by atoms with Crippen molar-refractivity contribution >= 4 is 15.2 Å². The Hall–Kier alpha value is -2.49. The van der Waals surface area contributed by atoms with E-state index < -0.39 is 17.3 Å². The third-order valence-electron chi connectivity index (χ3n) is 4.40. The Balaban J connectivity index is 2.01. The molecule has 1 heterocycles. The molecule has 26 heavy (non-hydrogen) atoms. The van der Waals surface area contributed by atoms with Crippen LogP contribution in [0.25, 0.3) is 0 Å². The van der Waals surface area contributed by atoms with Gasteiger partial charge in [-0.1, -0.05) is 69.9 Å². The van der Waals surface area contributed by atoms with E-state index in [1.165, 1.54) is 7.11 Å². The van der Waals surface area contributed by atoms with Gasteiger partial charge >= 0.3 is 5.97 Å². The molecule has 6 heteroatoms. The average molecular weight is 367 g/mol.